The zero-order chi connectivity index (χ0) is 10.6. The van der Waals surface area contributed by atoms with Crippen LogP contribution in [0.25, 0.3) is 0 Å². The highest BCUT2D eigenvalue weighted by Gasteiger charge is 2.31. The third-order valence-corrected chi connectivity index (χ3v) is 2.71. The van der Waals surface area contributed by atoms with Crippen molar-refractivity contribution in [3.8, 4) is 0 Å². The van der Waals surface area contributed by atoms with Gasteiger partial charge in [-0.3, -0.25) is 4.90 Å². The van der Waals surface area contributed by atoms with Crippen LogP contribution in [-0.4, -0.2) is 36.0 Å². The Hall–Kier alpha value is 0.230. The fraction of sp³-hybridized carbons (Fsp3) is 1.00. The van der Waals surface area contributed by atoms with Crippen LogP contribution in [0.2, 0.25) is 0 Å². The van der Waals surface area contributed by atoms with Gasteiger partial charge in [0.2, 0.25) is 0 Å². The van der Waals surface area contributed by atoms with Gasteiger partial charge in [0.1, 0.15) is 0 Å². The number of hydrogen-bond donors (Lipinski definition) is 0. The van der Waals surface area contributed by atoms with Crippen LogP contribution in [0, 0.1) is 5.92 Å². The molecular weight excluding hydrogens is 259 g/mol. The summed E-state index contributed by atoms with van der Waals surface area (Å²) in [6.07, 6.45) is -0.739. The van der Waals surface area contributed by atoms with Gasteiger partial charge in [-0.05, 0) is 18.9 Å². The average Bonchev–Trinajstić information content (AvgIpc) is 2.80. The van der Waals surface area contributed by atoms with Gasteiger partial charge in [-0.25, -0.2) is 0 Å². The molecule has 1 rings (SSSR count). The Morgan fingerprint density at radius 2 is 1.86 bits per heavy atom. The van der Waals surface area contributed by atoms with Gasteiger partial charge < -0.3 is 0 Å². The standard InChI is InChI=1S/C9H15BrF3N/c10-4-6-14(7-9(11,12)13)5-3-8-1-2-8/h8H,1-7H2. The summed E-state index contributed by atoms with van der Waals surface area (Å²) in [5.74, 6) is 0.695. The fourth-order valence-electron chi connectivity index (χ4n) is 1.41. The van der Waals surface area contributed by atoms with E-state index in [1.807, 2.05) is 0 Å². The van der Waals surface area contributed by atoms with E-state index in [0.29, 0.717) is 24.3 Å². The molecule has 1 aliphatic carbocycles. The minimum absolute atomic E-state index is 0.478. The molecule has 0 aromatic heterocycles. The first kappa shape index (κ1) is 12.3. The van der Waals surface area contributed by atoms with Crippen molar-refractivity contribution in [3.05, 3.63) is 0 Å². The molecule has 5 heteroatoms. The smallest absolute Gasteiger partial charge is 0.294 e. The first-order chi connectivity index (χ1) is 6.51. The van der Waals surface area contributed by atoms with Crippen LogP contribution in [-0.2, 0) is 0 Å². The Labute approximate surface area is 90.8 Å². The molecule has 0 aliphatic heterocycles. The van der Waals surface area contributed by atoms with Crippen molar-refractivity contribution in [2.24, 2.45) is 5.92 Å². The molecule has 0 aromatic rings. The molecule has 14 heavy (non-hydrogen) atoms. The number of alkyl halides is 4. The average molecular weight is 274 g/mol. The monoisotopic (exact) mass is 273 g/mol. The number of nitrogens with zero attached hydrogens (tertiary/aromatic N) is 1. The normalized spacial score (nSPS) is 17.8. The zero-order valence-electron chi connectivity index (χ0n) is 7.99. The van der Waals surface area contributed by atoms with Gasteiger partial charge in [-0.15, -0.1) is 0 Å². The molecular formula is C9H15BrF3N. The second kappa shape index (κ2) is 5.35. The van der Waals surface area contributed by atoms with E-state index in [1.54, 1.807) is 0 Å². The maximum Gasteiger partial charge on any atom is 0.401 e. The minimum atomic E-state index is -4.06. The van der Waals surface area contributed by atoms with Gasteiger partial charge in [0.05, 0.1) is 6.54 Å². The molecule has 0 atom stereocenters. The van der Waals surface area contributed by atoms with Crippen LogP contribution in [0.15, 0.2) is 0 Å². The summed E-state index contributed by atoms with van der Waals surface area (Å²) >= 11 is 3.17. The number of halogens is 4. The fourth-order valence-corrected chi connectivity index (χ4v) is 1.92. The van der Waals surface area contributed by atoms with E-state index in [1.165, 1.54) is 17.7 Å². The van der Waals surface area contributed by atoms with E-state index in [0.717, 1.165) is 6.42 Å². The molecule has 1 fully saturated rings. The second-order valence-corrected chi connectivity index (χ2v) is 4.61. The summed E-state index contributed by atoms with van der Waals surface area (Å²) in [5.41, 5.74) is 0. The van der Waals surface area contributed by atoms with E-state index in [-0.39, 0.29) is 0 Å². The molecule has 1 saturated carbocycles. The van der Waals surface area contributed by atoms with Crippen molar-refractivity contribution in [1.82, 2.24) is 4.90 Å². The Morgan fingerprint density at radius 3 is 2.29 bits per heavy atom. The Balaban J connectivity index is 2.21. The van der Waals surface area contributed by atoms with Crippen molar-refractivity contribution in [1.29, 1.82) is 0 Å². The first-order valence-electron chi connectivity index (χ1n) is 4.86. The van der Waals surface area contributed by atoms with Gasteiger partial charge >= 0.3 is 6.18 Å². The molecule has 0 unspecified atom stereocenters. The van der Waals surface area contributed by atoms with Crippen molar-refractivity contribution in [3.63, 3.8) is 0 Å². The lowest BCUT2D eigenvalue weighted by Gasteiger charge is -2.22. The van der Waals surface area contributed by atoms with Gasteiger partial charge in [-0.1, -0.05) is 28.8 Å². The molecule has 1 nitrogen and oxygen atoms in total. The number of rotatable bonds is 6. The lowest BCUT2D eigenvalue weighted by molar-refractivity contribution is -0.145. The highest BCUT2D eigenvalue weighted by Crippen LogP contribution is 2.32. The van der Waals surface area contributed by atoms with Crippen LogP contribution >= 0.6 is 15.9 Å². The van der Waals surface area contributed by atoms with Crippen molar-refractivity contribution >= 4 is 15.9 Å². The largest absolute Gasteiger partial charge is 0.401 e. The maximum atomic E-state index is 12.1. The van der Waals surface area contributed by atoms with Gasteiger partial charge in [0.25, 0.3) is 0 Å². The molecule has 1 aliphatic rings. The highest BCUT2D eigenvalue weighted by molar-refractivity contribution is 9.09. The summed E-state index contributed by atoms with van der Waals surface area (Å²) in [4.78, 5) is 1.48. The van der Waals surface area contributed by atoms with Crippen LogP contribution in [0.4, 0.5) is 13.2 Å². The van der Waals surface area contributed by atoms with Crippen LogP contribution in [0.1, 0.15) is 19.3 Å². The quantitative estimate of drug-likeness (QED) is 0.673. The predicted octanol–water partition coefficient (Wildman–Crippen LogP) is 3.05. The summed E-state index contributed by atoms with van der Waals surface area (Å²) in [6, 6.07) is 0. The summed E-state index contributed by atoms with van der Waals surface area (Å²) < 4.78 is 36.3. The van der Waals surface area contributed by atoms with Gasteiger partial charge in [0, 0.05) is 11.9 Å². The summed E-state index contributed by atoms with van der Waals surface area (Å²) in [5, 5.41) is 0.605. The molecule has 0 spiro atoms. The van der Waals surface area contributed by atoms with E-state index in [4.69, 9.17) is 0 Å². The second-order valence-electron chi connectivity index (χ2n) is 3.81. The lowest BCUT2D eigenvalue weighted by atomic mass is 10.3. The van der Waals surface area contributed by atoms with Crippen LogP contribution in [0.5, 0.6) is 0 Å². The predicted molar refractivity (Wildman–Crippen MR) is 53.6 cm³/mol. The van der Waals surface area contributed by atoms with Gasteiger partial charge in [-0.2, -0.15) is 13.2 Å². The Kier molecular flexibility index (Phi) is 4.70. The number of hydrogen-bond acceptors (Lipinski definition) is 1. The molecule has 0 amide bonds. The molecule has 0 aromatic carbocycles. The SMILES string of the molecule is FC(F)(F)CN(CCBr)CCC1CC1. The van der Waals surface area contributed by atoms with Crippen molar-refractivity contribution in [2.75, 3.05) is 25.0 Å². The third-order valence-electron chi connectivity index (χ3n) is 2.35. The third kappa shape index (κ3) is 5.86. The van der Waals surface area contributed by atoms with Crippen LogP contribution in [0.3, 0.4) is 0 Å². The molecule has 0 bridgehead atoms. The van der Waals surface area contributed by atoms with Gasteiger partial charge in [0.15, 0.2) is 0 Å². The Bertz CT molecular complexity index is 168. The van der Waals surface area contributed by atoms with Crippen LogP contribution < -0.4 is 0 Å². The molecule has 0 saturated heterocycles. The minimum Gasteiger partial charge on any atom is -0.294 e. The summed E-state index contributed by atoms with van der Waals surface area (Å²) in [7, 11) is 0. The maximum absolute atomic E-state index is 12.1. The van der Waals surface area contributed by atoms with E-state index in [9.17, 15) is 13.2 Å². The first-order valence-corrected chi connectivity index (χ1v) is 5.98. The highest BCUT2D eigenvalue weighted by atomic mass is 79.9. The molecule has 0 radical (unpaired) electrons. The topological polar surface area (TPSA) is 3.24 Å². The Morgan fingerprint density at radius 1 is 1.21 bits per heavy atom. The molecule has 84 valence electrons. The lowest BCUT2D eigenvalue weighted by Crippen LogP contribution is -2.36. The van der Waals surface area contributed by atoms with Crippen molar-refractivity contribution in [2.45, 2.75) is 25.4 Å². The van der Waals surface area contributed by atoms with E-state index in [2.05, 4.69) is 15.9 Å². The molecule has 0 heterocycles. The zero-order valence-corrected chi connectivity index (χ0v) is 9.57. The van der Waals surface area contributed by atoms with Crippen molar-refractivity contribution < 1.29 is 13.2 Å². The van der Waals surface area contributed by atoms with E-state index >= 15 is 0 Å². The molecule has 0 N–H and O–H groups in total. The summed E-state index contributed by atoms with van der Waals surface area (Å²) in [6.45, 7) is 0.285. The van der Waals surface area contributed by atoms with E-state index < -0.39 is 12.7 Å².